The van der Waals surface area contributed by atoms with Crippen molar-refractivity contribution in [3.63, 3.8) is 0 Å². The summed E-state index contributed by atoms with van der Waals surface area (Å²) >= 11 is 3.22. The lowest BCUT2D eigenvalue weighted by atomic mass is 9.93. The summed E-state index contributed by atoms with van der Waals surface area (Å²) < 4.78 is 42.6. The second-order valence-electron chi connectivity index (χ2n) is 5.50. The van der Waals surface area contributed by atoms with Crippen LogP contribution in [0.3, 0.4) is 0 Å². The number of halogens is 4. The zero-order valence-corrected chi connectivity index (χ0v) is 15.0. The van der Waals surface area contributed by atoms with Gasteiger partial charge in [0.2, 0.25) is 0 Å². The predicted octanol–water partition coefficient (Wildman–Crippen LogP) is 5.75. The highest BCUT2D eigenvalue weighted by molar-refractivity contribution is 9.10. The Morgan fingerprint density at radius 2 is 2.04 bits per heavy atom. The maximum absolute atomic E-state index is 12.4. The molecule has 1 aromatic rings. The molecule has 0 radical (unpaired) electrons. The van der Waals surface area contributed by atoms with E-state index >= 15 is 0 Å². The molecular formula is C18H20BrF3O2. The van der Waals surface area contributed by atoms with Gasteiger partial charge in [0.1, 0.15) is 11.5 Å². The number of ether oxygens (including phenoxy) is 1. The molecule has 1 aromatic carbocycles. The van der Waals surface area contributed by atoms with E-state index in [1.807, 2.05) is 6.07 Å². The topological polar surface area (TPSA) is 26.3 Å². The van der Waals surface area contributed by atoms with Crippen LogP contribution in [0.4, 0.5) is 13.2 Å². The highest BCUT2D eigenvalue weighted by atomic mass is 79.9. The van der Waals surface area contributed by atoms with Gasteiger partial charge < -0.3 is 9.53 Å². The first-order chi connectivity index (χ1) is 11.2. The van der Waals surface area contributed by atoms with Crippen LogP contribution in [0.2, 0.25) is 0 Å². The van der Waals surface area contributed by atoms with E-state index in [-0.39, 0.29) is 17.5 Å². The van der Waals surface area contributed by atoms with E-state index in [4.69, 9.17) is 4.74 Å². The van der Waals surface area contributed by atoms with E-state index in [1.54, 1.807) is 12.1 Å². The Morgan fingerprint density at radius 1 is 1.38 bits per heavy atom. The van der Waals surface area contributed by atoms with Gasteiger partial charge >= 0.3 is 6.18 Å². The Bertz CT molecular complexity index is 609. The quantitative estimate of drug-likeness (QED) is 0.490. The van der Waals surface area contributed by atoms with Gasteiger partial charge in [0.25, 0.3) is 0 Å². The number of hydrogen-bond acceptors (Lipinski definition) is 2. The van der Waals surface area contributed by atoms with Crippen molar-refractivity contribution in [3.05, 3.63) is 47.0 Å². The number of alkyl halides is 3. The molecule has 0 fully saturated rings. The van der Waals surface area contributed by atoms with Gasteiger partial charge in [-0.1, -0.05) is 24.8 Å². The number of rotatable bonds is 9. The molecule has 1 atom stereocenters. The number of ketones is 1. The molecule has 1 unspecified atom stereocenters. The van der Waals surface area contributed by atoms with Gasteiger partial charge in [-0.3, -0.25) is 0 Å². The van der Waals surface area contributed by atoms with E-state index < -0.39 is 12.8 Å². The van der Waals surface area contributed by atoms with Gasteiger partial charge in [0.05, 0.1) is 4.47 Å². The maximum atomic E-state index is 12.4. The molecule has 0 amide bonds. The molecular weight excluding hydrogens is 385 g/mol. The van der Waals surface area contributed by atoms with Gasteiger partial charge in [-0.25, -0.2) is 0 Å². The fourth-order valence-electron chi connectivity index (χ4n) is 2.37. The average Bonchev–Trinajstić information content (AvgIpc) is 2.49. The second kappa shape index (κ2) is 9.06. The first kappa shape index (κ1) is 20.5. The summed E-state index contributed by atoms with van der Waals surface area (Å²) in [4.78, 5) is 11.2. The van der Waals surface area contributed by atoms with Gasteiger partial charge in [0, 0.05) is 12.0 Å². The summed E-state index contributed by atoms with van der Waals surface area (Å²) in [7, 11) is 0. The third-order valence-electron chi connectivity index (χ3n) is 3.49. The van der Waals surface area contributed by atoms with Crippen LogP contribution in [0.15, 0.2) is 35.8 Å². The predicted molar refractivity (Wildman–Crippen MR) is 93.1 cm³/mol. The maximum Gasteiger partial charge on any atom is 0.422 e. The zero-order chi connectivity index (χ0) is 18.3. The molecule has 0 spiro atoms. The number of aryl methyl sites for hydroxylation is 1. The van der Waals surface area contributed by atoms with Crippen molar-refractivity contribution in [2.45, 2.75) is 32.4 Å². The summed E-state index contributed by atoms with van der Waals surface area (Å²) in [5.41, 5.74) is 1.35. The summed E-state index contributed by atoms with van der Waals surface area (Å²) in [6.45, 7) is 7.56. The van der Waals surface area contributed by atoms with Crippen molar-refractivity contribution in [2.24, 2.45) is 5.92 Å². The highest BCUT2D eigenvalue weighted by Gasteiger charge is 2.29. The van der Waals surface area contributed by atoms with Crippen molar-refractivity contribution < 1.29 is 22.7 Å². The SMILES string of the molecule is C=Cc1c(CCC(C=C)CC(C)=O)ccc(Br)c1OCC(F)(F)F. The van der Waals surface area contributed by atoms with Gasteiger partial charge in [-0.2, -0.15) is 13.2 Å². The summed E-state index contributed by atoms with van der Waals surface area (Å²) in [6.07, 6.45) is 0.462. The first-order valence-corrected chi connectivity index (χ1v) is 8.22. The Balaban J connectivity index is 2.97. The van der Waals surface area contributed by atoms with Crippen molar-refractivity contribution in [3.8, 4) is 5.75 Å². The molecule has 1 rings (SSSR count). The van der Waals surface area contributed by atoms with Crippen molar-refractivity contribution in [1.82, 2.24) is 0 Å². The van der Waals surface area contributed by atoms with Crippen molar-refractivity contribution in [1.29, 1.82) is 0 Å². The van der Waals surface area contributed by atoms with Crippen molar-refractivity contribution in [2.75, 3.05) is 6.61 Å². The lowest BCUT2D eigenvalue weighted by molar-refractivity contribution is -0.153. The van der Waals surface area contributed by atoms with Crippen molar-refractivity contribution >= 4 is 27.8 Å². The zero-order valence-electron chi connectivity index (χ0n) is 13.5. The van der Waals surface area contributed by atoms with Crippen LogP contribution < -0.4 is 4.74 Å². The van der Waals surface area contributed by atoms with Gasteiger partial charge in [0.15, 0.2) is 6.61 Å². The third-order valence-corrected chi connectivity index (χ3v) is 4.11. The molecule has 0 aromatic heterocycles. The average molecular weight is 405 g/mol. The van der Waals surface area contributed by atoms with Gasteiger partial charge in [-0.05, 0) is 53.2 Å². The molecule has 0 heterocycles. The molecule has 6 heteroatoms. The van der Waals surface area contributed by atoms with Crippen LogP contribution in [0.5, 0.6) is 5.75 Å². The lowest BCUT2D eigenvalue weighted by Crippen LogP contribution is -2.20. The fraction of sp³-hybridized carbons (Fsp3) is 0.389. The van der Waals surface area contributed by atoms with Crippen LogP contribution in [0, 0.1) is 5.92 Å². The Labute approximate surface area is 148 Å². The minimum Gasteiger partial charge on any atom is -0.482 e. The number of allylic oxidation sites excluding steroid dienone is 1. The summed E-state index contributed by atoms with van der Waals surface area (Å²) in [5.74, 6) is 0.235. The van der Waals surface area contributed by atoms with E-state index in [2.05, 4.69) is 29.1 Å². The number of Topliss-reactive ketones (excluding diaryl/α,β-unsaturated/α-hetero) is 1. The Kier molecular flexibility index (Phi) is 7.73. The molecule has 132 valence electrons. The monoisotopic (exact) mass is 404 g/mol. The molecule has 24 heavy (non-hydrogen) atoms. The van der Waals surface area contributed by atoms with Crippen LogP contribution in [0.1, 0.15) is 30.9 Å². The first-order valence-electron chi connectivity index (χ1n) is 7.43. The number of benzene rings is 1. The number of carbonyl (C=O) groups excluding carboxylic acids is 1. The summed E-state index contributed by atoms with van der Waals surface area (Å²) in [6, 6.07) is 3.47. The molecule has 0 aliphatic rings. The molecule has 0 saturated carbocycles. The number of hydrogen-bond donors (Lipinski definition) is 0. The molecule has 0 aliphatic carbocycles. The van der Waals surface area contributed by atoms with Crippen LogP contribution in [-0.4, -0.2) is 18.6 Å². The van der Waals surface area contributed by atoms with Crippen LogP contribution in [0.25, 0.3) is 6.08 Å². The van der Waals surface area contributed by atoms with Crippen LogP contribution >= 0.6 is 15.9 Å². The minimum atomic E-state index is -4.41. The fourth-order valence-corrected chi connectivity index (χ4v) is 2.83. The highest BCUT2D eigenvalue weighted by Crippen LogP contribution is 2.35. The molecule has 0 bridgehead atoms. The number of carbonyl (C=O) groups is 1. The summed E-state index contributed by atoms with van der Waals surface area (Å²) in [5, 5.41) is 0. The normalized spacial score (nSPS) is 12.5. The second-order valence-corrected chi connectivity index (χ2v) is 6.35. The van der Waals surface area contributed by atoms with Crippen LogP contribution in [-0.2, 0) is 11.2 Å². The standard InChI is InChI=1S/C18H20BrF3O2/c1-4-13(10-12(3)23)6-7-14-8-9-16(19)17(15(14)5-2)24-11-18(20,21)22/h4-5,8-9,13H,1-2,6-7,10-11H2,3H3. The van der Waals surface area contributed by atoms with Gasteiger partial charge in [-0.15, -0.1) is 6.58 Å². The minimum absolute atomic E-state index is 0.0309. The Morgan fingerprint density at radius 3 is 2.54 bits per heavy atom. The molecule has 0 saturated heterocycles. The van der Waals surface area contributed by atoms with E-state index in [9.17, 15) is 18.0 Å². The molecule has 0 N–H and O–H groups in total. The third kappa shape index (κ3) is 6.51. The molecule has 2 nitrogen and oxygen atoms in total. The van der Waals surface area contributed by atoms with E-state index in [0.29, 0.717) is 29.3 Å². The van der Waals surface area contributed by atoms with E-state index in [1.165, 1.54) is 13.0 Å². The lowest BCUT2D eigenvalue weighted by Gasteiger charge is -2.17. The largest absolute Gasteiger partial charge is 0.482 e. The smallest absolute Gasteiger partial charge is 0.422 e. The molecule has 0 aliphatic heterocycles. The van der Waals surface area contributed by atoms with E-state index in [0.717, 1.165) is 5.56 Å². The Hall–Kier alpha value is -1.56.